The monoisotopic (exact) mass is 183 g/mol. The zero-order valence-electron chi connectivity index (χ0n) is 8.41. The van der Waals surface area contributed by atoms with Crippen molar-refractivity contribution in [3.8, 4) is 0 Å². The minimum Gasteiger partial charge on any atom is -0.321 e. The zero-order chi connectivity index (χ0) is 9.90. The number of hydrogen-bond acceptors (Lipinski definition) is 4. The molecule has 0 radical (unpaired) electrons. The van der Waals surface area contributed by atoms with Gasteiger partial charge < -0.3 is 5.73 Å². The number of rotatable bonds is 3. The molecule has 1 unspecified atom stereocenters. The first-order valence-corrected chi connectivity index (χ1v) is 4.48. The highest BCUT2D eigenvalue weighted by Gasteiger charge is 2.16. The highest BCUT2D eigenvalue weighted by atomic mass is 15.5. The van der Waals surface area contributed by atoms with Gasteiger partial charge in [0.05, 0.1) is 6.04 Å². The van der Waals surface area contributed by atoms with Crippen molar-refractivity contribution in [2.45, 2.75) is 39.7 Å². The number of nitrogens with two attached hydrogens (primary N) is 1. The van der Waals surface area contributed by atoms with Crippen LogP contribution in [0.2, 0.25) is 0 Å². The Hall–Kier alpha value is -0.970. The van der Waals surface area contributed by atoms with Gasteiger partial charge in [-0.1, -0.05) is 26.0 Å². The van der Waals surface area contributed by atoms with E-state index in [1.165, 1.54) is 0 Å². The molecule has 0 saturated heterocycles. The lowest BCUT2D eigenvalue weighted by Crippen LogP contribution is -2.16. The molecule has 1 aromatic rings. The van der Waals surface area contributed by atoms with Crippen LogP contribution in [-0.2, 0) is 0 Å². The SMILES string of the molecule is CC(C)(C)CCC(N)c1nn[nH]n1. The molecular weight excluding hydrogens is 166 g/mol. The van der Waals surface area contributed by atoms with Gasteiger partial charge in [-0.2, -0.15) is 5.21 Å². The molecule has 13 heavy (non-hydrogen) atoms. The number of tetrazole rings is 1. The Morgan fingerprint density at radius 1 is 1.46 bits per heavy atom. The van der Waals surface area contributed by atoms with E-state index in [2.05, 4.69) is 41.4 Å². The topological polar surface area (TPSA) is 80.5 Å². The summed E-state index contributed by atoms with van der Waals surface area (Å²) in [6, 6.07) is -0.0991. The smallest absolute Gasteiger partial charge is 0.191 e. The standard InChI is InChI=1S/C8H17N5/c1-8(2,3)5-4-6(9)7-10-12-13-11-7/h6H,4-5,9H2,1-3H3,(H,10,11,12,13). The Morgan fingerprint density at radius 2 is 2.15 bits per heavy atom. The number of hydrogen-bond donors (Lipinski definition) is 2. The molecular formula is C8H17N5. The Morgan fingerprint density at radius 3 is 2.62 bits per heavy atom. The third-order valence-corrected chi connectivity index (χ3v) is 1.90. The Bertz CT molecular complexity index is 236. The summed E-state index contributed by atoms with van der Waals surface area (Å²) in [6.07, 6.45) is 1.95. The van der Waals surface area contributed by atoms with Crippen molar-refractivity contribution in [3.05, 3.63) is 5.82 Å². The summed E-state index contributed by atoms with van der Waals surface area (Å²) in [5.41, 5.74) is 6.17. The third-order valence-electron chi connectivity index (χ3n) is 1.90. The first-order chi connectivity index (χ1) is 5.99. The molecule has 3 N–H and O–H groups in total. The van der Waals surface area contributed by atoms with Crippen LogP contribution in [0, 0.1) is 5.41 Å². The maximum absolute atomic E-state index is 5.86. The number of H-pyrrole nitrogens is 1. The van der Waals surface area contributed by atoms with Gasteiger partial charge in [-0.15, -0.1) is 10.2 Å². The second-order valence-electron chi connectivity index (χ2n) is 4.48. The lowest BCUT2D eigenvalue weighted by molar-refractivity contribution is 0.347. The van der Waals surface area contributed by atoms with Crippen molar-refractivity contribution in [2.24, 2.45) is 11.1 Å². The van der Waals surface area contributed by atoms with Crippen LogP contribution in [0.15, 0.2) is 0 Å². The van der Waals surface area contributed by atoms with Gasteiger partial charge in [0.25, 0.3) is 0 Å². The summed E-state index contributed by atoms with van der Waals surface area (Å²) < 4.78 is 0. The predicted molar refractivity (Wildman–Crippen MR) is 49.8 cm³/mol. The summed E-state index contributed by atoms with van der Waals surface area (Å²) in [4.78, 5) is 0. The number of nitrogens with zero attached hydrogens (tertiary/aromatic N) is 3. The summed E-state index contributed by atoms with van der Waals surface area (Å²) in [5.74, 6) is 0.601. The Balaban J connectivity index is 2.39. The maximum atomic E-state index is 5.86. The normalized spacial score (nSPS) is 14.5. The summed E-state index contributed by atoms with van der Waals surface area (Å²) in [5, 5.41) is 13.6. The molecule has 1 aromatic heterocycles. The van der Waals surface area contributed by atoms with E-state index in [1.807, 2.05) is 0 Å². The highest BCUT2D eigenvalue weighted by Crippen LogP contribution is 2.24. The molecule has 0 spiro atoms. The fourth-order valence-corrected chi connectivity index (χ4v) is 1.04. The van der Waals surface area contributed by atoms with Crippen LogP contribution in [0.3, 0.4) is 0 Å². The van der Waals surface area contributed by atoms with Gasteiger partial charge in [0.1, 0.15) is 0 Å². The molecule has 0 amide bonds. The van der Waals surface area contributed by atoms with Gasteiger partial charge in [-0.25, -0.2) is 0 Å². The van der Waals surface area contributed by atoms with Gasteiger partial charge in [-0.3, -0.25) is 0 Å². The van der Waals surface area contributed by atoms with E-state index in [1.54, 1.807) is 0 Å². The van der Waals surface area contributed by atoms with Gasteiger partial charge in [0.15, 0.2) is 5.82 Å². The van der Waals surface area contributed by atoms with Gasteiger partial charge in [0.2, 0.25) is 0 Å². The molecule has 1 atom stereocenters. The minimum absolute atomic E-state index is 0.0991. The molecule has 74 valence electrons. The van der Waals surface area contributed by atoms with Gasteiger partial charge in [-0.05, 0) is 18.3 Å². The molecule has 0 bridgehead atoms. The van der Waals surface area contributed by atoms with Gasteiger partial charge in [0, 0.05) is 0 Å². The van der Waals surface area contributed by atoms with Crippen LogP contribution in [0.4, 0.5) is 0 Å². The molecule has 0 aliphatic heterocycles. The summed E-state index contributed by atoms with van der Waals surface area (Å²) in [7, 11) is 0. The molecule has 5 heteroatoms. The molecule has 0 fully saturated rings. The second kappa shape index (κ2) is 3.83. The molecule has 0 aromatic carbocycles. The zero-order valence-corrected chi connectivity index (χ0v) is 8.41. The lowest BCUT2D eigenvalue weighted by atomic mass is 9.89. The fraction of sp³-hybridized carbons (Fsp3) is 0.875. The molecule has 1 rings (SSSR count). The Labute approximate surface area is 78.1 Å². The minimum atomic E-state index is -0.0991. The van der Waals surface area contributed by atoms with Crippen molar-refractivity contribution in [2.75, 3.05) is 0 Å². The van der Waals surface area contributed by atoms with Crippen molar-refractivity contribution < 1.29 is 0 Å². The van der Waals surface area contributed by atoms with Crippen LogP contribution in [-0.4, -0.2) is 20.6 Å². The number of nitrogens with one attached hydrogen (secondary N) is 1. The second-order valence-corrected chi connectivity index (χ2v) is 4.48. The quantitative estimate of drug-likeness (QED) is 0.733. The van der Waals surface area contributed by atoms with Crippen molar-refractivity contribution in [3.63, 3.8) is 0 Å². The molecule has 0 aliphatic rings. The average Bonchev–Trinajstić information content (AvgIpc) is 2.50. The van der Waals surface area contributed by atoms with E-state index in [0.29, 0.717) is 11.2 Å². The first kappa shape index (κ1) is 10.1. The van der Waals surface area contributed by atoms with Crippen LogP contribution in [0.1, 0.15) is 45.5 Å². The average molecular weight is 183 g/mol. The van der Waals surface area contributed by atoms with E-state index in [0.717, 1.165) is 12.8 Å². The first-order valence-electron chi connectivity index (χ1n) is 4.48. The van der Waals surface area contributed by atoms with Gasteiger partial charge >= 0.3 is 0 Å². The largest absolute Gasteiger partial charge is 0.321 e. The van der Waals surface area contributed by atoms with E-state index in [-0.39, 0.29) is 6.04 Å². The van der Waals surface area contributed by atoms with E-state index < -0.39 is 0 Å². The van der Waals surface area contributed by atoms with E-state index in [9.17, 15) is 0 Å². The molecule has 1 heterocycles. The van der Waals surface area contributed by atoms with Crippen LogP contribution in [0.25, 0.3) is 0 Å². The number of aromatic nitrogens is 4. The lowest BCUT2D eigenvalue weighted by Gasteiger charge is -2.19. The van der Waals surface area contributed by atoms with E-state index in [4.69, 9.17) is 5.73 Å². The molecule has 0 saturated carbocycles. The highest BCUT2D eigenvalue weighted by molar-refractivity contribution is 4.86. The van der Waals surface area contributed by atoms with E-state index >= 15 is 0 Å². The summed E-state index contributed by atoms with van der Waals surface area (Å²) >= 11 is 0. The number of aromatic amines is 1. The maximum Gasteiger partial charge on any atom is 0.191 e. The van der Waals surface area contributed by atoms with Crippen molar-refractivity contribution in [1.82, 2.24) is 20.6 Å². The van der Waals surface area contributed by atoms with Crippen molar-refractivity contribution >= 4 is 0 Å². The predicted octanol–water partition coefficient (Wildman–Crippen LogP) is 1.03. The van der Waals surface area contributed by atoms with Crippen molar-refractivity contribution in [1.29, 1.82) is 0 Å². The van der Waals surface area contributed by atoms with Crippen LogP contribution in [0.5, 0.6) is 0 Å². The molecule has 0 aliphatic carbocycles. The van der Waals surface area contributed by atoms with Crippen LogP contribution >= 0.6 is 0 Å². The van der Waals surface area contributed by atoms with Crippen LogP contribution < -0.4 is 5.73 Å². The molecule has 5 nitrogen and oxygen atoms in total. The summed E-state index contributed by atoms with van der Waals surface area (Å²) in [6.45, 7) is 6.57. The Kier molecular flexibility index (Phi) is 2.98. The fourth-order valence-electron chi connectivity index (χ4n) is 1.04. The third kappa shape index (κ3) is 3.50.